The molecule has 1 fully saturated rings. The Kier molecular flexibility index (Phi) is 3.54. The highest BCUT2D eigenvalue weighted by Gasteiger charge is 2.28. The lowest BCUT2D eigenvalue weighted by atomic mass is 9.95. The van der Waals surface area contributed by atoms with E-state index in [1.54, 1.807) is 0 Å². The molecule has 106 valence electrons. The van der Waals surface area contributed by atoms with Crippen molar-refractivity contribution in [2.75, 3.05) is 24.6 Å². The van der Waals surface area contributed by atoms with E-state index < -0.39 is 6.10 Å². The summed E-state index contributed by atoms with van der Waals surface area (Å²) >= 11 is 0. The number of fused-ring (bicyclic) bond motifs is 1. The maximum atomic E-state index is 9.88. The smallest absolute Gasteiger partial charge is 0.140 e. The number of nitrogens with zero attached hydrogens (tertiary/aromatic N) is 3. The molecular formula is C15H19N3O2. The van der Waals surface area contributed by atoms with Gasteiger partial charge in [-0.1, -0.05) is 12.1 Å². The molecule has 0 bridgehead atoms. The third-order valence-electron chi connectivity index (χ3n) is 3.92. The molecule has 2 aromatic rings. The van der Waals surface area contributed by atoms with Crippen molar-refractivity contribution in [3.8, 4) is 0 Å². The van der Waals surface area contributed by atoms with Crippen LogP contribution in [0.3, 0.4) is 0 Å². The third kappa shape index (κ3) is 2.34. The van der Waals surface area contributed by atoms with Gasteiger partial charge >= 0.3 is 0 Å². The normalized spacial score (nSPS) is 23.2. The molecule has 1 aliphatic rings. The highest BCUT2D eigenvalue weighted by atomic mass is 16.3. The van der Waals surface area contributed by atoms with Crippen molar-refractivity contribution in [3.05, 3.63) is 30.1 Å². The van der Waals surface area contributed by atoms with Gasteiger partial charge in [0.25, 0.3) is 0 Å². The van der Waals surface area contributed by atoms with Crippen LogP contribution >= 0.6 is 0 Å². The predicted octanol–water partition coefficient (Wildman–Crippen LogP) is 1.12. The summed E-state index contributed by atoms with van der Waals surface area (Å²) in [5.74, 6) is 1.53. The van der Waals surface area contributed by atoms with Crippen LogP contribution in [0.15, 0.2) is 24.3 Å². The molecule has 2 N–H and O–H groups in total. The average Bonchev–Trinajstić information content (AvgIpc) is 2.47. The van der Waals surface area contributed by atoms with Gasteiger partial charge < -0.3 is 15.1 Å². The molecule has 5 nitrogen and oxygen atoms in total. The van der Waals surface area contributed by atoms with E-state index in [0.29, 0.717) is 13.0 Å². The second-order valence-corrected chi connectivity index (χ2v) is 5.36. The Hall–Kier alpha value is -1.72. The number of anilines is 1. The Bertz CT molecular complexity index is 617. The van der Waals surface area contributed by atoms with Crippen molar-refractivity contribution in [1.29, 1.82) is 0 Å². The number of aliphatic hydroxyl groups excluding tert-OH is 2. The minimum absolute atomic E-state index is 0.000332. The zero-order valence-corrected chi connectivity index (χ0v) is 11.5. The van der Waals surface area contributed by atoms with Crippen molar-refractivity contribution < 1.29 is 10.2 Å². The maximum Gasteiger partial charge on any atom is 0.140 e. The van der Waals surface area contributed by atoms with E-state index in [2.05, 4.69) is 14.9 Å². The van der Waals surface area contributed by atoms with Crippen LogP contribution in [-0.4, -0.2) is 46.0 Å². The maximum absolute atomic E-state index is 9.88. The molecule has 0 aliphatic carbocycles. The van der Waals surface area contributed by atoms with Gasteiger partial charge in [0.05, 0.1) is 18.2 Å². The Balaban J connectivity index is 2.01. The number of aromatic nitrogens is 2. The first-order valence-electron chi connectivity index (χ1n) is 6.96. The van der Waals surface area contributed by atoms with Crippen LogP contribution in [0.2, 0.25) is 0 Å². The molecule has 3 rings (SSSR count). The second-order valence-electron chi connectivity index (χ2n) is 5.36. The van der Waals surface area contributed by atoms with Crippen molar-refractivity contribution in [3.63, 3.8) is 0 Å². The van der Waals surface area contributed by atoms with Crippen molar-refractivity contribution in [1.82, 2.24) is 9.97 Å². The molecule has 1 aromatic heterocycles. The van der Waals surface area contributed by atoms with Crippen molar-refractivity contribution in [2.45, 2.75) is 19.4 Å². The van der Waals surface area contributed by atoms with Gasteiger partial charge in [-0.05, 0) is 25.5 Å². The first-order valence-corrected chi connectivity index (χ1v) is 6.96. The van der Waals surface area contributed by atoms with Crippen LogP contribution in [-0.2, 0) is 0 Å². The molecule has 0 saturated carbocycles. The van der Waals surface area contributed by atoms with E-state index in [1.807, 2.05) is 31.2 Å². The molecular weight excluding hydrogens is 254 g/mol. The fourth-order valence-corrected chi connectivity index (χ4v) is 2.81. The lowest BCUT2D eigenvalue weighted by Crippen LogP contribution is -2.45. The van der Waals surface area contributed by atoms with Gasteiger partial charge in [-0.2, -0.15) is 0 Å². The number of aliphatic hydroxyl groups is 2. The third-order valence-corrected chi connectivity index (χ3v) is 3.92. The number of aryl methyl sites for hydroxylation is 1. The van der Waals surface area contributed by atoms with Crippen LogP contribution in [0.1, 0.15) is 12.2 Å². The molecule has 20 heavy (non-hydrogen) atoms. The molecule has 1 saturated heterocycles. The highest BCUT2D eigenvalue weighted by molar-refractivity contribution is 5.89. The van der Waals surface area contributed by atoms with Gasteiger partial charge in [0.15, 0.2) is 0 Å². The molecule has 0 radical (unpaired) electrons. The van der Waals surface area contributed by atoms with E-state index >= 15 is 0 Å². The summed E-state index contributed by atoms with van der Waals surface area (Å²) in [6, 6.07) is 7.95. The standard InChI is InChI=1S/C15H19N3O2/c1-10-16-13-5-3-2-4-12(13)15(17-10)18-7-6-14(20)11(8-18)9-19/h2-5,11,14,19-20H,6-9H2,1H3/t11-,14-/m1/s1. The van der Waals surface area contributed by atoms with Gasteiger partial charge in [0, 0.05) is 24.4 Å². The molecule has 0 spiro atoms. The first kappa shape index (κ1) is 13.3. The topological polar surface area (TPSA) is 69.5 Å². The number of hydrogen-bond donors (Lipinski definition) is 2. The zero-order chi connectivity index (χ0) is 14.1. The van der Waals surface area contributed by atoms with Crippen LogP contribution in [0, 0.1) is 12.8 Å². The minimum atomic E-state index is -0.426. The van der Waals surface area contributed by atoms with E-state index in [0.717, 1.165) is 29.1 Å². The fourth-order valence-electron chi connectivity index (χ4n) is 2.81. The zero-order valence-electron chi connectivity index (χ0n) is 11.5. The van der Waals surface area contributed by atoms with Gasteiger partial charge in [-0.15, -0.1) is 0 Å². The van der Waals surface area contributed by atoms with E-state index in [4.69, 9.17) is 0 Å². The van der Waals surface area contributed by atoms with Crippen LogP contribution < -0.4 is 4.90 Å². The number of piperidine rings is 1. The van der Waals surface area contributed by atoms with Crippen LogP contribution in [0.5, 0.6) is 0 Å². The number of hydrogen-bond acceptors (Lipinski definition) is 5. The highest BCUT2D eigenvalue weighted by Crippen LogP contribution is 2.28. The van der Waals surface area contributed by atoms with Crippen LogP contribution in [0.25, 0.3) is 10.9 Å². The molecule has 2 heterocycles. The fraction of sp³-hybridized carbons (Fsp3) is 0.467. The Labute approximate surface area is 117 Å². The van der Waals surface area contributed by atoms with Gasteiger partial charge in [-0.3, -0.25) is 0 Å². The molecule has 0 amide bonds. The van der Waals surface area contributed by atoms with Gasteiger partial charge in [0.1, 0.15) is 11.6 Å². The Morgan fingerprint density at radius 1 is 1.30 bits per heavy atom. The molecule has 0 unspecified atom stereocenters. The average molecular weight is 273 g/mol. The summed E-state index contributed by atoms with van der Waals surface area (Å²) in [4.78, 5) is 11.2. The summed E-state index contributed by atoms with van der Waals surface area (Å²) < 4.78 is 0. The number of benzene rings is 1. The predicted molar refractivity (Wildman–Crippen MR) is 77.7 cm³/mol. The quantitative estimate of drug-likeness (QED) is 0.858. The largest absolute Gasteiger partial charge is 0.396 e. The lowest BCUT2D eigenvalue weighted by Gasteiger charge is -2.36. The minimum Gasteiger partial charge on any atom is -0.396 e. The van der Waals surface area contributed by atoms with Gasteiger partial charge in [0.2, 0.25) is 0 Å². The Morgan fingerprint density at radius 2 is 2.10 bits per heavy atom. The molecule has 1 aromatic carbocycles. The number of rotatable bonds is 2. The summed E-state index contributed by atoms with van der Waals surface area (Å²) in [6.45, 7) is 3.26. The van der Waals surface area contributed by atoms with Crippen molar-refractivity contribution >= 4 is 16.7 Å². The monoisotopic (exact) mass is 273 g/mol. The molecule has 5 heteroatoms. The molecule has 2 atom stereocenters. The summed E-state index contributed by atoms with van der Waals surface area (Å²) in [5.41, 5.74) is 0.932. The SMILES string of the molecule is Cc1nc(N2CC[C@@H](O)[C@@H](CO)C2)c2ccccc2n1. The van der Waals surface area contributed by atoms with E-state index in [9.17, 15) is 10.2 Å². The summed E-state index contributed by atoms with van der Waals surface area (Å²) in [7, 11) is 0. The number of para-hydroxylation sites is 1. The second kappa shape index (κ2) is 5.34. The van der Waals surface area contributed by atoms with Crippen LogP contribution in [0.4, 0.5) is 5.82 Å². The van der Waals surface area contributed by atoms with Crippen molar-refractivity contribution in [2.24, 2.45) is 5.92 Å². The first-order chi connectivity index (χ1) is 9.69. The summed E-state index contributed by atoms with van der Waals surface area (Å²) in [6.07, 6.45) is 0.230. The summed E-state index contributed by atoms with van der Waals surface area (Å²) in [5, 5.41) is 20.3. The lowest BCUT2D eigenvalue weighted by molar-refractivity contribution is 0.0524. The molecule has 1 aliphatic heterocycles. The van der Waals surface area contributed by atoms with E-state index in [-0.39, 0.29) is 12.5 Å². The Morgan fingerprint density at radius 3 is 2.90 bits per heavy atom. The van der Waals surface area contributed by atoms with E-state index in [1.165, 1.54) is 0 Å². The van der Waals surface area contributed by atoms with Gasteiger partial charge in [-0.25, -0.2) is 9.97 Å².